The van der Waals surface area contributed by atoms with Crippen molar-refractivity contribution in [1.82, 2.24) is 9.62 Å². The molecule has 0 amide bonds. The summed E-state index contributed by atoms with van der Waals surface area (Å²) in [7, 11) is 2.18. The molecule has 1 aliphatic rings. The lowest BCUT2D eigenvalue weighted by Crippen LogP contribution is -2.29. The Morgan fingerprint density at radius 1 is 1.30 bits per heavy atom. The maximum absolute atomic E-state index is 10.5. The van der Waals surface area contributed by atoms with E-state index in [-0.39, 0.29) is 0 Å². The third-order valence-corrected chi connectivity index (χ3v) is 4.65. The molecule has 0 aromatic heterocycles. The van der Waals surface area contributed by atoms with Crippen LogP contribution in [-0.4, -0.2) is 40.3 Å². The number of benzene rings is 1. The van der Waals surface area contributed by atoms with Crippen molar-refractivity contribution in [2.45, 2.75) is 25.7 Å². The maximum atomic E-state index is 10.5. The lowest BCUT2D eigenvalue weighted by molar-refractivity contribution is 0.244. The molecule has 1 atom stereocenters. The number of likely N-dealkylation sites (tertiary alicyclic amines) is 1. The van der Waals surface area contributed by atoms with E-state index in [9.17, 15) is 4.21 Å². The lowest BCUT2D eigenvalue weighted by Gasteiger charge is -2.26. The van der Waals surface area contributed by atoms with Gasteiger partial charge in [0, 0.05) is 12.2 Å². The van der Waals surface area contributed by atoms with Gasteiger partial charge in [-0.3, -0.25) is 4.55 Å². The van der Waals surface area contributed by atoms with E-state index in [1.165, 1.54) is 31.5 Å². The first-order valence-electron chi connectivity index (χ1n) is 8.18. The Balaban J connectivity index is 1.69. The van der Waals surface area contributed by atoms with Gasteiger partial charge in [0.1, 0.15) is 0 Å². The average Bonchev–Trinajstić information content (AvgIpc) is 2.55. The zero-order chi connectivity index (χ0) is 16.5. The molecular formula is C17H27N3O2S. The summed E-state index contributed by atoms with van der Waals surface area (Å²) in [6.07, 6.45) is 8.55. The van der Waals surface area contributed by atoms with Crippen LogP contribution < -0.4 is 10.0 Å². The molecule has 0 spiro atoms. The first-order chi connectivity index (χ1) is 11.1. The first-order valence-corrected chi connectivity index (χ1v) is 9.29. The van der Waals surface area contributed by atoms with Crippen molar-refractivity contribution < 1.29 is 8.76 Å². The van der Waals surface area contributed by atoms with Gasteiger partial charge in [-0.2, -0.15) is 0 Å². The number of rotatable bonds is 8. The van der Waals surface area contributed by atoms with Gasteiger partial charge in [0.2, 0.25) is 11.3 Å². The summed E-state index contributed by atoms with van der Waals surface area (Å²) in [6.45, 7) is 2.91. The van der Waals surface area contributed by atoms with Gasteiger partial charge < -0.3 is 10.2 Å². The summed E-state index contributed by atoms with van der Waals surface area (Å²) in [6, 6.07) is 8.35. The van der Waals surface area contributed by atoms with E-state index in [2.05, 4.69) is 58.5 Å². The van der Waals surface area contributed by atoms with Crippen LogP contribution in [0.15, 0.2) is 36.5 Å². The minimum atomic E-state index is -1.91. The summed E-state index contributed by atoms with van der Waals surface area (Å²) in [4.78, 5) is 2.38. The quantitative estimate of drug-likeness (QED) is 0.504. The molecule has 1 unspecified atom stereocenters. The molecule has 0 bridgehead atoms. The van der Waals surface area contributed by atoms with Crippen LogP contribution in [0.1, 0.15) is 24.8 Å². The minimum absolute atomic E-state index is 0.544. The Kier molecular flexibility index (Phi) is 7.74. The number of hydrogen-bond acceptors (Lipinski definition) is 3. The summed E-state index contributed by atoms with van der Waals surface area (Å²) < 4.78 is 21.6. The monoisotopic (exact) mass is 337 g/mol. The van der Waals surface area contributed by atoms with Crippen molar-refractivity contribution in [2.75, 3.05) is 32.0 Å². The second-order valence-electron chi connectivity index (χ2n) is 6.09. The molecule has 5 nitrogen and oxygen atoms in total. The fourth-order valence-electron chi connectivity index (χ4n) is 2.72. The van der Waals surface area contributed by atoms with Crippen molar-refractivity contribution >= 4 is 17.0 Å². The second kappa shape index (κ2) is 9.82. The summed E-state index contributed by atoms with van der Waals surface area (Å²) in [5.41, 5.74) is 2.33. The van der Waals surface area contributed by atoms with E-state index in [1.54, 1.807) is 0 Å². The Bertz CT molecular complexity index is 511. The van der Waals surface area contributed by atoms with Crippen LogP contribution >= 0.6 is 0 Å². The van der Waals surface area contributed by atoms with Crippen LogP contribution in [-0.2, 0) is 17.7 Å². The first kappa shape index (κ1) is 18.1. The zero-order valence-corrected chi connectivity index (χ0v) is 14.5. The molecule has 1 aromatic rings. The third kappa shape index (κ3) is 7.26. The van der Waals surface area contributed by atoms with Gasteiger partial charge in [0.15, 0.2) is 0 Å². The van der Waals surface area contributed by atoms with Crippen LogP contribution in [0.3, 0.4) is 0 Å². The minimum Gasteiger partial charge on any atom is -0.362 e. The van der Waals surface area contributed by atoms with Crippen LogP contribution in [0.4, 0.5) is 5.69 Å². The van der Waals surface area contributed by atoms with Crippen molar-refractivity contribution in [3.63, 3.8) is 0 Å². The zero-order valence-electron chi connectivity index (χ0n) is 13.7. The van der Waals surface area contributed by atoms with E-state index in [4.69, 9.17) is 4.55 Å². The maximum Gasteiger partial charge on any atom is 0.231 e. The lowest BCUT2D eigenvalue weighted by atomic mass is 9.97. The Labute approximate surface area is 141 Å². The highest BCUT2D eigenvalue weighted by atomic mass is 32.2. The van der Waals surface area contributed by atoms with Crippen LogP contribution in [0, 0.1) is 5.92 Å². The van der Waals surface area contributed by atoms with Gasteiger partial charge in [-0.15, -0.1) is 0 Å². The topological polar surface area (TPSA) is 64.6 Å². The van der Waals surface area contributed by atoms with Gasteiger partial charge in [0.05, 0.1) is 0 Å². The smallest absolute Gasteiger partial charge is 0.231 e. The summed E-state index contributed by atoms with van der Waals surface area (Å²) >= 11 is -1.91. The fraction of sp³-hybridized carbons (Fsp3) is 0.529. The predicted molar refractivity (Wildman–Crippen MR) is 96.5 cm³/mol. The number of allylic oxidation sites excluding steroid dienone is 1. The molecule has 1 aliphatic heterocycles. The van der Waals surface area contributed by atoms with Crippen molar-refractivity contribution in [2.24, 2.45) is 5.92 Å². The molecule has 6 heteroatoms. The number of hydrogen-bond donors (Lipinski definition) is 3. The number of piperidine rings is 1. The molecule has 0 radical (unpaired) electrons. The molecule has 128 valence electrons. The number of aryl methyl sites for hydroxylation is 1. The summed E-state index contributed by atoms with van der Waals surface area (Å²) in [5.74, 6) is 0.683. The molecule has 0 saturated carbocycles. The highest BCUT2D eigenvalue weighted by Gasteiger charge is 2.13. The SMILES string of the molecule is CN1CCC(/C=C/Nc2ccc(CCCNS(=O)O)cc2)CC1. The Morgan fingerprint density at radius 3 is 2.65 bits per heavy atom. The van der Waals surface area contributed by atoms with Gasteiger partial charge >= 0.3 is 0 Å². The fourth-order valence-corrected chi connectivity index (χ4v) is 3.04. The molecule has 1 heterocycles. The summed E-state index contributed by atoms with van der Waals surface area (Å²) in [5, 5.41) is 3.33. The van der Waals surface area contributed by atoms with Gasteiger partial charge in [0.25, 0.3) is 0 Å². The van der Waals surface area contributed by atoms with Crippen molar-refractivity contribution in [3.8, 4) is 0 Å². The van der Waals surface area contributed by atoms with Gasteiger partial charge in [-0.1, -0.05) is 18.2 Å². The Morgan fingerprint density at radius 2 is 2.00 bits per heavy atom. The normalized spacial score (nSPS) is 18.3. The third-order valence-electron chi connectivity index (χ3n) is 4.20. The molecule has 1 fully saturated rings. The van der Waals surface area contributed by atoms with Crippen LogP contribution in [0.5, 0.6) is 0 Å². The van der Waals surface area contributed by atoms with E-state index >= 15 is 0 Å². The molecule has 1 aromatic carbocycles. The molecule has 23 heavy (non-hydrogen) atoms. The van der Waals surface area contributed by atoms with Crippen LogP contribution in [0.2, 0.25) is 0 Å². The molecule has 3 N–H and O–H groups in total. The molecule has 2 rings (SSSR count). The standard InChI is InChI=1S/C17H27N3O2S/c1-20-13-9-16(10-14-20)8-12-18-17-6-4-15(5-7-17)3-2-11-19-23(21)22/h4-8,12,16,18-19H,2-3,9-11,13-14H2,1H3,(H,21,22)/b12-8+. The van der Waals surface area contributed by atoms with E-state index in [0.717, 1.165) is 18.5 Å². The second-order valence-corrected chi connectivity index (χ2v) is 6.88. The Hall–Kier alpha value is -1.21. The average molecular weight is 337 g/mol. The van der Waals surface area contributed by atoms with E-state index < -0.39 is 11.3 Å². The number of nitrogens with zero attached hydrogens (tertiary/aromatic N) is 1. The van der Waals surface area contributed by atoms with Gasteiger partial charge in [-0.25, -0.2) is 8.93 Å². The van der Waals surface area contributed by atoms with Crippen molar-refractivity contribution in [3.05, 3.63) is 42.1 Å². The molecule has 1 saturated heterocycles. The van der Waals surface area contributed by atoms with E-state index in [1.807, 2.05) is 0 Å². The highest BCUT2D eigenvalue weighted by molar-refractivity contribution is 7.77. The predicted octanol–water partition coefficient (Wildman–Crippen LogP) is 2.61. The molecular weight excluding hydrogens is 310 g/mol. The van der Waals surface area contributed by atoms with Gasteiger partial charge in [-0.05, 0) is 75.6 Å². The number of anilines is 1. The highest BCUT2D eigenvalue weighted by Crippen LogP contribution is 2.17. The largest absolute Gasteiger partial charge is 0.362 e. The van der Waals surface area contributed by atoms with Crippen molar-refractivity contribution in [1.29, 1.82) is 0 Å². The van der Waals surface area contributed by atoms with E-state index in [0.29, 0.717) is 12.5 Å². The van der Waals surface area contributed by atoms with Crippen LogP contribution in [0.25, 0.3) is 0 Å². The molecule has 0 aliphatic carbocycles. The number of nitrogens with one attached hydrogen (secondary N) is 2.